The highest BCUT2D eigenvalue weighted by Crippen LogP contribution is 2.35. The molecule has 0 bridgehead atoms. The van der Waals surface area contributed by atoms with E-state index in [-0.39, 0.29) is 6.04 Å². The summed E-state index contributed by atoms with van der Waals surface area (Å²) >= 11 is 0. The van der Waals surface area contributed by atoms with Gasteiger partial charge in [0.25, 0.3) is 0 Å². The van der Waals surface area contributed by atoms with Crippen molar-refractivity contribution in [3.8, 4) is 17.0 Å². The van der Waals surface area contributed by atoms with Crippen LogP contribution in [0.25, 0.3) is 11.3 Å². The van der Waals surface area contributed by atoms with Crippen molar-refractivity contribution in [2.24, 2.45) is 5.73 Å². The van der Waals surface area contributed by atoms with Gasteiger partial charge >= 0.3 is 0 Å². The lowest BCUT2D eigenvalue weighted by molar-refractivity contribution is 0.414. The minimum Gasteiger partial charge on any atom is -0.497 e. The normalized spacial score (nSPS) is 14.7. The molecule has 1 aromatic heterocycles. The molecule has 0 amide bonds. The van der Waals surface area contributed by atoms with Crippen LogP contribution in [0.15, 0.2) is 24.4 Å². The van der Waals surface area contributed by atoms with Crippen LogP contribution in [-0.2, 0) is 19.4 Å². The molecule has 0 unspecified atom stereocenters. The minimum atomic E-state index is 0.104. The summed E-state index contributed by atoms with van der Waals surface area (Å²) in [5, 5.41) is 4.48. The van der Waals surface area contributed by atoms with Gasteiger partial charge in [0.2, 0.25) is 0 Å². The maximum atomic E-state index is 5.90. The SMILES string of the molecule is COc1ccc2c(c1)CCc1cnn(C[C@@H](C)N)c1-2. The number of hydrogen-bond donors (Lipinski definition) is 1. The maximum absolute atomic E-state index is 5.90. The lowest BCUT2D eigenvalue weighted by Gasteiger charge is -2.20. The van der Waals surface area contributed by atoms with Crippen LogP contribution in [0.4, 0.5) is 0 Å². The first-order valence-corrected chi connectivity index (χ1v) is 6.66. The largest absolute Gasteiger partial charge is 0.497 e. The first-order valence-electron chi connectivity index (χ1n) is 6.66. The highest BCUT2D eigenvalue weighted by molar-refractivity contribution is 5.70. The van der Waals surface area contributed by atoms with E-state index in [4.69, 9.17) is 10.5 Å². The molecule has 100 valence electrons. The van der Waals surface area contributed by atoms with Crippen molar-refractivity contribution in [2.45, 2.75) is 32.4 Å². The van der Waals surface area contributed by atoms with Gasteiger partial charge in [-0.1, -0.05) is 0 Å². The quantitative estimate of drug-likeness (QED) is 0.915. The van der Waals surface area contributed by atoms with Crippen molar-refractivity contribution in [1.29, 1.82) is 0 Å². The van der Waals surface area contributed by atoms with Gasteiger partial charge in [0.15, 0.2) is 0 Å². The summed E-state index contributed by atoms with van der Waals surface area (Å²) in [5.74, 6) is 0.917. The smallest absolute Gasteiger partial charge is 0.119 e. The Hall–Kier alpha value is -1.81. The zero-order chi connectivity index (χ0) is 13.4. The number of nitrogens with zero attached hydrogens (tertiary/aromatic N) is 2. The van der Waals surface area contributed by atoms with Gasteiger partial charge in [-0.15, -0.1) is 0 Å². The summed E-state index contributed by atoms with van der Waals surface area (Å²) in [6.07, 6.45) is 4.06. The molecule has 19 heavy (non-hydrogen) atoms. The van der Waals surface area contributed by atoms with Crippen molar-refractivity contribution >= 4 is 0 Å². The molecule has 2 aromatic rings. The molecule has 0 fully saturated rings. The van der Waals surface area contributed by atoms with Gasteiger partial charge in [0.05, 0.1) is 25.5 Å². The Kier molecular flexibility index (Phi) is 3.03. The third-order valence-electron chi connectivity index (χ3n) is 3.61. The third-order valence-corrected chi connectivity index (χ3v) is 3.61. The molecule has 1 aromatic carbocycles. The summed E-state index contributed by atoms with van der Waals surface area (Å²) in [6, 6.07) is 6.37. The monoisotopic (exact) mass is 257 g/mol. The summed E-state index contributed by atoms with van der Waals surface area (Å²) in [4.78, 5) is 0. The third kappa shape index (κ3) is 2.12. The fraction of sp³-hybridized carbons (Fsp3) is 0.400. The number of fused-ring (bicyclic) bond motifs is 3. The van der Waals surface area contributed by atoms with Crippen LogP contribution >= 0.6 is 0 Å². The van der Waals surface area contributed by atoms with E-state index in [0.717, 1.165) is 25.1 Å². The average Bonchev–Trinajstić information content (AvgIpc) is 2.80. The van der Waals surface area contributed by atoms with E-state index < -0.39 is 0 Å². The number of hydrogen-bond acceptors (Lipinski definition) is 3. The van der Waals surface area contributed by atoms with Gasteiger partial charge in [-0.05, 0) is 49.1 Å². The molecular weight excluding hydrogens is 238 g/mol. The zero-order valence-electron chi connectivity index (χ0n) is 11.4. The van der Waals surface area contributed by atoms with Gasteiger partial charge in [0.1, 0.15) is 5.75 Å². The molecule has 4 heteroatoms. The van der Waals surface area contributed by atoms with Gasteiger partial charge in [-0.25, -0.2) is 0 Å². The summed E-state index contributed by atoms with van der Waals surface area (Å²) in [7, 11) is 1.70. The van der Waals surface area contributed by atoms with E-state index in [1.165, 1.54) is 22.4 Å². The topological polar surface area (TPSA) is 53.1 Å². The van der Waals surface area contributed by atoms with Crippen LogP contribution in [0, 0.1) is 0 Å². The van der Waals surface area contributed by atoms with Gasteiger partial charge in [0, 0.05) is 11.6 Å². The number of rotatable bonds is 3. The lowest BCUT2D eigenvalue weighted by atomic mass is 9.90. The zero-order valence-corrected chi connectivity index (χ0v) is 11.4. The van der Waals surface area contributed by atoms with Crippen molar-refractivity contribution in [3.63, 3.8) is 0 Å². The van der Waals surface area contributed by atoms with E-state index >= 15 is 0 Å². The van der Waals surface area contributed by atoms with Crippen LogP contribution in [-0.4, -0.2) is 22.9 Å². The highest BCUT2D eigenvalue weighted by Gasteiger charge is 2.21. The molecule has 0 radical (unpaired) electrons. The van der Waals surface area contributed by atoms with Crippen molar-refractivity contribution in [1.82, 2.24) is 9.78 Å². The van der Waals surface area contributed by atoms with Crippen LogP contribution in [0.2, 0.25) is 0 Å². The second-order valence-electron chi connectivity index (χ2n) is 5.20. The fourth-order valence-electron chi connectivity index (χ4n) is 2.73. The number of aromatic nitrogens is 2. The number of methoxy groups -OCH3 is 1. The molecule has 4 nitrogen and oxygen atoms in total. The van der Waals surface area contributed by atoms with Gasteiger partial charge in [-0.3, -0.25) is 4.68 Å². The highest BCUT2D eigenvalue weighted by atomic mass is 16.5. The van der Waals surface area contributed by atoms with E-state index in [9.17, 15) is 0 Å². The second kappa shape index (κ2) is 4.70. The number of aryl methyl sites for hydroxylation is 2. The Bertz CT molecular complexity index is 601. The Morgan fingerprint density at radius 1 is 1.37 bits per heavy atom. The van der Waals surface area contributed by atoms with Crippen LogP contribution in [0.5, 0.6) is 5.75 Å². The van der Waals surface area contributed by atoms with Gasteiger partial charge < -0.3 is 10.5 Å². The molecule has 2 N–H and O–H groups in total. The summed E-state index contributed by atoms with van der Waals surface area (Å²) in [6.45, 7) is 2.76. The Morgan fingerprint density at radius 3 is 2.89 bits per heavy atom. The Balaban J connectivity index is 2.09. The fourth-order valence-corrected chi connectivity index (χ4v) is 2.73. The Morgan fingerprint density at radius 2 is 2.16 bits per heavy atom. The predicted molar refractivity (Wildman–Crippen MR) is 75.3 cm³/mol. The molecule has 0 saturated carbocycles. The molecule has 3 rings (SSSR count). The van der Waals surface area contributed by atoms with E-state index in [1.807, 2.05) is 23.9 Å². The number of nitrogens with two attached hydrogens (primary N) is 1. The number of benzene rings is 1. The van der Waals surface area contributed by atoms with Crippen molar-refractivity contribution < 1.29 is 4.74 Å². The molecule has 0 saturated heterocycles. The van der Waals surface area contributed by atoms with Crippen molar-refractivity contribution in [3.05, 3.63) is 35.5 Å². The first kappa shape index (κ1) is 12.2. The van der Waals surface area contributed by atoms with E-state index in [0.29, 0.717) is 0 Å². The van der Waals surface area contributed by atoms with Crippen LogP contribution in [0.1, 0.15) is 18.1 Å². The average molecular weight is 257 g/mol. The van der Waals surface area contributed by atoms with E-state index in [2.05, 4.69) is 17.2 Å². The second-order valence-corrected chi connectivity index (χ2v) is 5.20. The minimum absolute atomic E-state index is 0.104. The van der Waals surface area contributed by atoms with Crippen LogP contribution < -0.4 is 10.5 Å². The first-order chi connectivity index (χ1) is 9.19. The molecule has 1 aliphatic carbocycles. The maximum Gasteiger partial charge on any atom is 0.119 e. The molecule has 1 aliphatic rings. The molecule has 0 spiro atoms. The lowest BCUT2D eigenvalue weighted by Crippen LogP contribution is -2.23. The molecular formula is C15H19N3O. The number of ether oxygens (including phenoxy) is 1. The molecule has 1 heterocycles. The standard InChI is InChI=1S/C15H19N3O/c1-10(16)9-18-15-12(8-17-18)4-3-11-7-13(19-2)5-6-14(11)15/h5-8,10H,3-4,9,16H2,1-2H3/t10-/m1/s1. The predicted octanol–water partition coefficient (Wildman–Crippen LogP) is 2.00. The van der Waals surface area contributed by atoms with E-state index in [1.54, 1.807) is 7.11 Å². The Labute approximate surface area is 113 Å². The molecule has 1 atom stereocenters. The summed E-state index contributed by atoms with van der Waals surface area (Å²) in [5.41, 5.74) is 11.0. The van der Waals surface area contributed by atoms with Crippen LogP contribution in [0.3, 0.4) is 0 Å². The summed E-state index contributed by atoms with van der Waals surface area (Å²) < 4.78 is 7.33. The van der Waals surface area contributed by atoms with Crippen molar-refractivity contribution in [2.75, 3.05) is 7.11 Å². The van der Waals surface area contributed by atoms with Gasteiger partial charge in [-0.2, -0.15) is 5.10 Å². The molecule has 0 aliphatic heterocycles.